The van der Waals surface area contributed by atoms with Gasteiger partial charge in [0.25, 0.3) is 17.5 Å². The van der Waals surface area contributed by atoms with E-state index < -0.39 is 10.8 Å². The fourth-order valence-electron chi connectivity index (χ4n) is 2.98. The van der Waals surface area contributed by atoms with Gasteiger partial charge in [-0.1, -0.05) is 35.9 Å². The first-order chi connectivity index (χ1) is 16.8. The highest BCUT2D eigenvalue weighted by molar-refractivity contribution is 6.32. The SMILES string of the molecule is COc1cc(/C=N/NC(=O)c2cccc([N+](=O)[O-])c2)cc(Cl)c1OCC(=O)Nc1ccccc1C. The molecule has 0 unspecified atom stereocenters. The van der Waals surface area contributed by atoms with Gasteiger partial charge in [0.2, 0.25) is 0 Å². The Labute approximate surface area is 205 Å². The van der Waals surface area contributed by atoms with Crippen LogP contribution in [0.25, 0.3) is 0 Å². The van der Waals surface area contributed by atoms with Crippen LogP contribution in [-0.4, -0.2) is 36.7 Å². The van der Waals surface area contributed by atoms with Crippen molar-refractivity contribution in [3.8, 4) is 11.5 Å². The number of methoxy groups -OCH3 is 1. The van der Waals surface area contributed by atoms with Gasteiger partial charge in [-0.15, -0.1) is 0 Å². The Bertz CT molecular complexity index is 1290. The van der Waals surface area contributed by atoms with Gasteiger partial charge in [0, 0.05) is 23.4 Å². The fourth-order valence-corrected chi connectivity index (χ4v) is 3.26. The van der Waals surface area contributed by atoms with E-state index in [4.69, 9.17) is 21.1 Å². The number of nitro benzene ring substituents is 1. The average Bonchev–Trinajstić information content (AvgIpc) is 2.84. The van der Waals surface area contributed by atoms with Crippen LogP contribution in [0.3, 0.4) is 0 Å². The molecule has 2 N–H and O–H groups in total. The van der Waals surface area contributed by atoms with Gasteiger partial charge >= 0.3 is 0 Å². The Morgan fingerprint density at radius 3 is 2.63 bits per heavy atom. The highest BCUT2D eigenvalue weighted by Crippen LogP contribution is 2.36. The van der Waals surface area contributed by atoms with E-state index in [2.05, 4.69) is 15.8 Å². The van der Waals surface area contributed by atoms with Crippen LogP contribution in [0.5, 0.6) is 11.5 Å². The quantitative estimate of drug-likeness (QED) is 0.257. The van der Waals surface area contributed by atoms with Gasteiger partial charge in [-0.25, -0.2) is 5.43 Å². The number of halogens is 1. The Morgan fingerprint density at radius 1 is 1.14 bits per heavy atom. The molecule has 3 rings (SSSR count). The van der Waals surface area contributed by atoms with Crippen LogP contribution in [0.4, 0.5) is 11.4 Å². The molecule has 0 radical (unpaired) electrons. The third-order valence-corrected chi connectivity index (χ3v) is 5.00. The number of carbonyl (C=O) groups excluding carboxylic acids is 2. The van der Waals surface area contributed by atoms with Crippen LogP contribution in [0.15, 0.2) is 65.8 Å². The second-order valence-corrected chi connectivity index (χ2v) is 7.60. The van der Waals surface area contributed by atoms with Gasteiger partial charge in [0.1, 0.15) is 0 Å². The van der Waals surface area contributed by atoms with E-state index in [1.807, 2.05) is 25.1 Å². The summed E-state index contributed by atoms with van der Waals surface area (Å²) in [4.78, 5) is 34.7. The number of nitrogens with one attached hydrogen (secondary N) is 2. The van der Waals surface area contributed by atoms with Crippen LogP contribution in [0, 0.1) is 17.0 Å². The molecule has 0 aromatic heterocycles. The van der Waals surface area contributed by atoms with Crippen LogP contribution < -0.4 is 20.2 Å². The lowest BCUT2D eigenvalue weighted by atomic mass is 10.2. The molecule has 2 amide bonds. The molecule has 180 valence electrons. The number of hydrogen-bond donors (Lipinski definition) is 2. The number of hydrogen-bond acceptors (Lipinski definition) is 7. The summed E-state index contributed by atoms with van der Waals surface area (Å²) in [5.41, 5.74) is 4.24. The predicted molar refractivity (Wildman–Crippen MR) is 131 cm³/mol. The van der Waals surface area contributed by atoms with Crippen molar-refractivity contribution in [3.63, 3.8) is 0 Å². The molecule has 0 aliphatic heterocycles. The minimum atomic E-state index is -0.623. The molecule has 0 bridgehead atoms. The molecule has 0 saturated heterocycles. The third-order valence-electron chi connectivity index (χ3n) is 4.72. The van der Waals surface area contributed by atoms with Gasteiger partial charge < -0.3 is 14.8 Å². The molecule has 3 aromatic rings. The standard InChI is InChI=1S/C24H21ClN4O6/c1-15-6-3-4-9-20(15)27-22(30)14-35-23-19(25)10-16(11-21(23)34-2)13-26-28-24(31)17-7-5-8-18(12-17)29(32)33/h3-13H,14H2,1-2H3,(H,27,30)(H,28,31)/b26-13+. The number of hydrazone groups is 1. The van der Waals surface area contributed by atoms with Gasteiger partial charge in [0.15, 0.2) is 18.1 Å². The molecular formula is C24H21ClN4O6. The van der Waals surface area contributed by atoms with E-state index >= 15 is 0 Å². The summed E-state index contributed by atoms with van der Waals surface area (Å²) in [5.74, 6) is -0.561. The normalized spacial score (nSPS) is 10.6. The number of aryl methyl sites for hydroxylation is 1. The maximum atomic E-state index is 12.3. The molecule has 0 heterocycles. The Morgan fingerprint density at radius 2 is 1.91 bits per heavy atom. The lowest BCUT2D eigenvalue weighted by molar-refractivity contribution is -0.384. The first kappa shape index (κ1) is 25.2. The average molecular weight is 497 g/mol. The van der Waals surface area contributed by atoms with Gasteiger partial charge in [-0.3, -0.25) is 19.7 Å². The smallest absolute Gasteiger partial charge is 0.271 e. The van der Waals surface area contributed by atoms with E-state index in [1.165, 1.54) is 37.6 Å². The van der Waals surface area contributed by atoms with E-state index in [1.54, 1.807) is 12.1 Å². The zero-order valence-electron chi connectivity index (χ0n) is 18.8. The minimum Gasteiger partial charge on any atom is -0.493 e. The summed E-state index contributed by atoms with van der Waals surface area (Å²) in [7, 11) is 1.41. The molecule has 0 atom stereocenters. The molecule has 0 aliphatic carbocycles. The number of benzene rings is 3. The second-order valence-electron chi connectivity index (χ2n) is 7.19. The Hall–Kier alpha value is -4.44. The zero-order valence-corrected chi connectivity index (χ0v) is 19.5. The van der Waals surface area contributed by atoms with Crippen molar-refractivity contribution in [1.29, 1.82) is 0 Å². The topological polar surface area (TPSA) is 132 Å². The second kappa shape index (κ2) is 11.6. The lowest BCUT2D eigenvalue weighted by Crippen LogP contribution is -2.21. The highest BCUT2D eigenvalue weighted by Gasteiger charge is 2.15. The van der Waals surface area contributed by atoms with Gasteiger partial charge in [-0.05, 0) is 42.3 Å². The number of nitrogens with zero attached hydrogens (tertiary/aromatic N) is 2. The summed E-state index contributed by atoms with van der Waals surface area (Å²) in [5, 5.41) is 17.6. The fraction of sp³-hybridized carbons (Fsp3) is 0.125. The zero-order chi connectivity index (χ0) is 25.4. The van der Waals surface area contributed by atoms with Crippen molar-refractivity contribution < 1.29 is 24.0 Å². The van der Waals surface area contributed by atoms with Crippen molar-refractivity contribution in [2.75, 3.05) is 19.0 Å². The summed E-state index contributed by atoms with van der Waals surface area (Å²) in [6.07, 6.45) is 1.32. The van der Waals surface area contributed by atoms with Crippen molar-refractivity contribution in [1.82, 2.24) is 5.43 Å². The largest absolute Gasteiger partial charge is 0.493 e. The number of rotatable bonds is 9. The van der Waals surface area contributed by atoms with Gasteiger partial charge in [0.05, 0.1) is 23.3 Å². The molecule has 0 aliphatic rings. The predicted octanol–water partition coefficient (Wildman–Crippen LogP) is 4.35. The maximum absolute atomic E-state index is 12.3. The molecule has 3 aromatic carbocycles. The minimum absolute atomic E-state index is 0.0830. The molecule has 0 fully saturated rings. The Kier molecular flexibility index (Phi) is 8.36. The summed E-state index contributed by atoms with van der Waals surface area (Å²) >= 11 is 6.32. The number of anilines is 1. The first-order valence-electron chi connectivity index (χ1n) is 10.2. The van der Waals surface area contributed by atoms with Crippen LogP contribution >= 0.6 is 11.6 Å². The van der Waals surface area contributed by atoms with Gasteiger partial charge in [-0.2, -0.15) is 5.10 Å². The molecular weight excluding hydrogens is 476 g/mol. The maximum Gasteiger partial charge on any atom is 0.271 e. The molecule has 0 saturated carbocycles. The molecule has 35 heavy (non-hydrogen) atoms. The number of ether oxygens (including phenoxy) is 2. The van der Waals surface area contributed by atoms with E-state index in [9.17, 15) is 19.7 Å². The van der Waals surface area contributed by atoms with E-state index in [0.29, 0.717) is 11.3 Å². The number of carbonyl (C=O) groups is 2. The van der Waals surface area contributed by atoms with E-state index in [-0.39, 0.29) is 40.3 Å². The molecule has 10 nitrogen and oxygen atoms in total. The van der Waals surface area contributed by atoms with E-state index in [0.717, 1.165) is 11.6 Å². The van der Waals surface area contributed by atoms with Crippen molar-refractivity contribution in [2.24, 2.45) is 5.10 Å². The Balaban J connectivity index is 1.64. The summed E-state index contributed by atoms with van der Waals surface area (Å²) in [6.45, 7) is 1.58. The molecule has 11 heteroatoms. The summed E-state index contributed by atoms with van der Waals surface area (Å²) in [6, 6.07) is 15.7. The monoisotopic (exact) mass is 496 g/mol. The van der Waals surface area contributed by atoms with Crippen LogP contribution in [-0.2, 0) is 4.79 Å². The number of nitro groups is 1. The molecule has 0 spiro atoms. The highest BCUT2D eigenvalue weighted by atomic mass is 35.5. The number of amides is 2. The van der Waals surface area contributed by atoms with Crippen molar-refractivity contribution in [2.45, 2.75) is 6.92 Å². The first-order valence-corrected chi connectivity index (χ1v) is 10.6. The van der Waals surface area contributed by atoms with Crippen molar-refractivity contribution >= 4 is 41.0 Å². The van der Waals surface area contributed by atoms with Crippen molar-refractivity contribution in [3.05, 3.63) is 92.5 Å². The summed E-state index contributed by atoms with van der Waals surface area (Å²) < 4.78 is 10.9. The van der Waals surface area contributed by atoms with Crippen LogP contribution in [0.2, 0.25) is 5.02 Å². The van der Waals surface area contributed by atoms with Crippen LogP contribution in [0.1, 0.15) is 21.5 Å². The number of non-ortho nitro benzene ring substituents is 1. The third kappa shape index (κ3) is 6.78. The lowest BCUT2D eigenvalue weighted by Gasteiger charge is -2.14. The number of para-hydroxylation sites is 1.